The fourth-order valence-electron chi connectivity index (χ4n) is 4.51. The molecule has 0 N–H and O–H groups in total. The van der Waals surface area contributed by atoms with Gasteiger partial charge in [0.05, 0.1) is 22.6 Å². The Morgan fingerprint density at radius 3 is 2.42 bits per heavy atom. The van der Waals surface area contributed by atoms with Crippen molar-refractivity contribution in [2.75, 3.05) is 19.6 Å². The Labute approximate surface area is 181 Å². The van der Waals surface area contributed by atoms with E-state index in [0.29, 0.717) is 31.4 Å². The van der Waals surface area contributed by atoms with Crippen molar-refractivity contribution in [3.8, 4) is 6.07 Å². The van der Waals surface area contributed by atoms with Crippen LogP contribution in [-0.2, 0) is 21.2 Å². The molecule has 1 atom stereocenters. The van der Waals surface area contributed by atoms with E-state index < -0.39 is 10.0 Å². The van der Waals surface area contributed by atoms with E-state index in [4.69, 9.17) is 5.26 Å². The number of hydrogen-bond donors (Lipinski definition) is 0. The zero-order valence-corrected chi connectivity index (χ0v) is 18.1. The maximum Gasteiger partial charge on any atom is 0.243 e. The van der Waals surface area contributed by atoms with Crippen LogP contribution in [0.1, 0.15) is 42.5 Å². The summed E-state index contributed by atoms with van der Waals surface area (Å²) in [7, 11) is -3.66. The standard InChI is InChI=1S/C23H24FN3O3S/c1-16-22-14-20(24)5-4-18(22)10-13-27(16)23(28)19-8-11-26(12-9-19)31(29,30)21-6-2-17(15-25)3-7-21/h2-7,14,16,19H,8-13H2,1H3. The molecule has 2 heterocycles. The highest BCUT2D eigenvalue weighted by atomic mass is 32.2. The van der Waals surface area contributed by atoms with Crippen molar-refractivity contribution in [2.45, 2.75) is 37.1 Å². The third-order valence-corrected chi connectivity index (χ3v) is 8.27. The lowest BCUT2D eigenvalue weighted by molar-refractivity contribution is -0.139. The minimum absolute atomic E-state index is 0.0119. The summed E-state index contributed by atoms with van der Waals surface area (Å²) in [5.74, 6) is -0.538. The monoisotopic (exact) mass is 441 g/mol. The van der Waals surface area contributed by atoms with E-state index in [9.17, 15) is 17.6 Å². The van der Waals surface area contributed by atoms with Gasteiger partial charge < -0.3 is 4.90 Å². The molecule has 2 aromatic rings. The molecule has 0 saturated carbocycles. The zero-order chi connectivity index (χ0) is 22.2. The third kappa shape index (κ3) is 4.08. The molecule has 1 amide bonds. The van der Waals surface area contributed by atoms with Crippen molar-refractivity contribution in [1.82, 2.24) is 9.21 Å². The molecule has 162 valence electrons. The molecule has 0 aliphatic carbocycles. The minimum atomic E-state index is -3.66. The fourth-order valence-corrected chi connectivity index (χ4v) is 5.98. The molecule has 0 radical (unpaired) electrons. The van der Waals surface area contributed by atoms with Gasteiger partial charge >= 0.3 is 0 Å². The normalized spacial score (nSPS) is 20.2. The molecule has 8 heteroatoms. The van der Waals surface area contributed by atoms with Crippen LogP contribution in [0.25, 0.3) is 0 Å². The van der Waals surface area contributed by atoms with Gasteiger partial charge in [-0.2, -0.15) is 9.57 Å². The average Bonchev–Trinajstić information content (AvgIpc) is 2.79. The lowest BCUT2D eigenvalue weighted by Gasteiger charge is -2.39. The van der Waals surface area contributed by atoms with E-state index >= 15 is 0 Å². The average molecular weight is 442 g/mol. The van der Waals surface area contributed by atoms with Gasteiger partial charge in [-0.05, 0) is 73.7 Å². The summed E-state index contributed by atoms with van der Waals surface area (Å²) < 4.78 is 40.9. The highest BCUT2D eigenvalue weighted by Crippen LogP contribution is 2.33. The largest absolute Gasteiger partial charge is 0.335 e. The quantitative estimate of drug-likeness (QED) is 0.732. The molecule has 2 aliphatic heterocycles. The third-order valence-electron chi connectivity index (χ3n) is 6.35. The summed E-state index contributed by atoms with van der Waals surface area (Å²) in [6, 6.07) is 12.4. The summed E-state index contributed by atoms with van der Waals surface area (Å²) in [5.41, 5.74) is 2.32. The van der Waals surface area contributed by atoms with E-state index in [-0.39, 0.29) is 41.7 Å². The Kier molecular flexibility index (Phi) is 5.82. The molecule has 0 aromatic heterocycles. The van der Waals surface area contributed by atoms with Crippen LogP contribution < -0.4 is 0 Å². The first-order chi connectivity index (χ1) is 14.8. The Bertz CT molecular complexity index is 1130. The Morgan fingerprint density at radius 2 is 1.77 bits per heavy atom. The van der Waals surface area contributed by atoms with Crippen LogP contribution in [-0.4, -0.2) is 43.2 Å². The van der Waals surface area contributed by atoms with E-state index in [1.54, 1.807) is 11.0 Å². The zero-order valence-electron chi connectivity index (χ0n) is 17.3. The molecule has 4 rings (SSSR count). The van der Waals surface area contributed by atoms with Crippen LogP contribution in [0.5, 0.6) is 0 Å². The number of nitrogens with zero attached hydrogens (tertiary/aromatic N) is 3. The number of halogens is 1. The van der Waals surface area contributed by atoms with Gasteiger partial charge in [-0.25, -0.2) is 12.8 Å². The first kappa shape index (κ1) is 21.5. The number of amides is 1. The Hall–Kier alpha value is -2.76. The SMILES string of the molecule is CC1c2cc(F)ccc2CCN1C(=O)C1CCN(S(=O)(=O)c2ccc(C#N)cc2)CC1. The van der Waals surface area contributed by atoms with Gasteiger partial charge in [0.2, 0.25) is 15.9 Å². The van der Waals surface area contributed by atoms with Crippen LogP contribution >= 0.6 is 0 Å². The number of nitriles is 1. The molecule has 1 unspecified atom stereocenters. The number of carbonyl (C=O) groups excluding carboxylic acids is 1. The number of hydrogen-bond acceptors (Lipinski definition) is 4. The molecule has 31 heavy (non-hydrogen) atoms. The van der Waals surface area contributed by atoms with E-state index in [2.05, 4.69) is 0 Å². The molecule has 1 saturated heterocycles. The minimum Gasteiger partial charge on any atom is -0.335 e. The van der Waals surface area contributed by atoms with Gasteiger partial charge in [-0.3, -0.25) is 4.79 Å². The van der Waals surface area contributed by atoms with Crippen molar-refractivity contribution < 1.29 is 17.6 Å². The van der Waals surface area contributed by atoms with Crippen molar-refractivity contribution >= 4 is 15.9 Å². The number of benzene rings is 2. The van der Waals surface area contributed by atoms with E-state index in [0.717, 1.165) is 11.1 Å². The summed E-state index contributed by atoms with van der Waals surface area (Å²) in [4.78, 5) is 15.1. The summed E-state index contributed by atoms with van der Waals surface area (Å²) in [6.45, 7) is 3.04. The summed E-state index contributed by atoms with van der Waals surface area (Å²) in [5, 5.41) is 8.89. The van der Waals surface area contributed by atoms with Crippen LogP contribution in [0.2, 0.25) is 0 Å². The van der Waals surface area contributed by atoms with Gasteiger partial charge in [-0.15, -0.1) is 0 Å². The molecule has 0 bridgehead atoms. The number of fused-ring (bicyclic) bond motifs is 1. The fraction of sp³-hybridized carbons (Fsp3) is 0.391. The predicted octanol–water partition coefficient (Wildman–Crippen LogP) is 3.24. The van der Waals surface area contributed by atoms with Crippen molar-refractivity contribution in [2.24, 2.45) is 5.92 Å². The van der Waals surface area contributed by atoms with Gasteiger partial charge in [0.15, 0.2) is 0 Å². The Morgan fingerprint density at radius 1 is 1.10 bits per heavy atom. The smallest absolute Gasteiger partial charge is 0.243 e. The highest BCUT2D eigenvalue weighted by Gasteiger charge is 2.36. The molecule has 0 spiro atoms. The lowest BCUT2D eigenvalue weighted by atomic mass is 9.90. The van der Waals surface area contributed by atoms with Gasteiger partial charge in [0.1, 0.15) is 5.82 Å². The maximum absolute atomic E-state index is 13.7. The molecule has 2 aromatic carbocycles. The second-order valence-electron chi connectivity index (χ2n) is 8.12. The number of sulfonamides is 1. The van der Waals surface area contributed by atoms with Gasteiger partial charge in [0.25, 0.3) is 0 Å². The molecular formula is C23H24FN3O3S. The van der Waals surface area contributed by atoms with Crippen LogP contribution in [0.15, 0.2) is 47.4 Å². The Balaban J connectivity index is 1.42. The van der Waals surface area contributed by atoms with E-state index in [1.807, 2.05) is 13.0 Å². The number of piperidine rings is 1. The number of carbonyl (C=O) groups is 1. The topological polar surface area (TPSA) is 81.5 Å². The molecular weight excluding hydrogens is 417 g/mol. The van der Waals surface area contributed by atoms with Crippen LogP contribution in [0.3, 0.4) is 0 Å². The predicted molar refractivity (Wildman–Crippen MR) is 113 cm³/mol. The molecule has 1 fully saturated rings. The second-order valence-corrected chi connectivity index (χ2v) is 10.1. The first-order valence-corrected chi connectivity index (χ1v) is 11.8. The van der Waals surface area contributed by atoms with Crippen LogP contribution in [0, 0.1) is 23.1 Å². The van der Waals surface area contributed by atoms with Gasteiger partial charge in [-0.1, -0.05) is 6.07 Å². The first-order valence-electron chi connectivity index (χ1n) is 10.4. The summed E-state index contributed by atoms with van der Waals surface area (Å²) in [6.07, 6.45) is 1.60. The maximum atomic E-state index is 13.7. The second kappa shape index (κ2) is 8.40. The van der Waals surface area contributed by atoms with Crippen molar-refractivity contribution in [1.29, 1.82) is 5.26 Å². The van der Waals surface area contributed by atoms with Crippen molar-refractivity contribution in [3.05, 3.63) is 65.0 Å². The number of rotatable bonds is 3. The van der Waals surface area contributed by atoms with E-state index in [1.165, 1.54) is 40.7 Å². The van der Waals surface area contributed by atoms with Gasteiger partial charge in [0, 0.05) is 25.6 Å². The summed E-state index contributed by atoms with van der Waals surface area (Å²) >= 11 is 0. The highest BCUT2D eigenvalue weighted by molar-refractivity contribution is 7.89. The molecule has 6 nitrogen and oxygen atoms in total. The van der Waals surface area contributed by atoms with Crippen molar-refractivity contribution in [3.63, 3.8) is 0 Å². The lowest BCUT2D eigenvalue weighted by Crippen LogP contribution is -2.46. The molecule has 2 aliphatic rings. The van der Waals surface area contributed by atoms with Crippen LogP contribution in [0.4, 0.5) is 4.39 Å².